The second-order valence-electron chi connectivity index (χ2n) is 5.01. The summed E-state index contributed by atoms with van der Waals surface area (Å²) in [4.78, 5) is 22.2. The SMILES string of the molecule is Cc1nc(NCCN2CCOCC2)c2c(n1)NC(=O)CO2.Cl.Cl. The van der Waals surface area contributed by atoms with Crippen LogP contribution in [0, 0.1) is 6.92 Å². The number of halogens is 2. The van der Waals surface area contributed by atoms with Crippen LogP contribution < -0.4 is 15.4 Å². The Hall–Kier alpha value is -1.35. The van der Waals surface area contributed by atoms with Gasteiger partial charge in [-0.05, 0) is 6.92 Å². The Balaban J connectivity index is 0.00000132. The number of ether oxygens (including phenoxy) is 2. The molecule has 1 saturated heterocycles. The maximum Gasteiger partial charge on any atom is 0.263 e. The van der Waals surface area contributed by atoms with Crippen LogP contribution >= 0.6 is 24.8 Å². The summed E-state index contributed by atoms with van der Waals surface area (Å²) in [5, 5.41) is 5.96. The largest absolute Gasteiger partial charge is 0.476 e. The van der Waals surface area contributed by atoms with E-state index < -0.39 is 0 Å². The summed E-state index contributed by atoms with van der Waals surface area (Å²) in [6.45, 7) is 6.93. The van der Waals surface area contributed by atoms with Crippen molar-refractivity contribution in [3.05, 3.63) is 5.82 Å². The van der Waals surface area contributed by atoms with Gasteiger partial charge in [0.1, 0.15) is 5.82 Å². The molecule has 2 aliphatic heterocycles. The number of aryl methyl sites for hydroxylation is 1. The van der Waals surface area contributed by atoms with Gasteiger partial charge < -0.3 is 20.1 Å². The van der Waals surface area contributed by atoms with E-state index >= 15 is 0 Å². The van der Waals surface area contributed by atoms with Crippen LogP contribution in [0.2, 0.25) is 0 Å². The third-order valence-corrected chi connectivity index (χ3v) is 3.41. The fourth-order valence-corrected chi connectivity index (χ4v) is 2.37. The van der Waals surface area contributed by atoms with Gasteiger partial charge in [0.25, 0.3) is 5.91 Å². The molecule has 0 aromatic carbocycles. The van der Waals surface area contributed by atoms with E-state index in [4.69, 9.17) is 9.47 Å². The van der Waals surface area contributed by atoms with Crippen molar-refractivity contribution in [2.75, 3.05) is 56.6 Å². The van der Waals surface area contributed by atoms with E-state index in [0.717, 1.165) is 39.4 Å². The molecule has 10 heteroatoms. The molecule has 8 nitrogen and oxygen atoms in total. The Morgan fingerprint density at radius 2 is 2.00 bits per heavy atom. The molecule has 3 rings (SSSR count). The first-order chi connectivity index (χ1) is 10.2. The number of hydrogen-bond acceptors (Lipinski definition) is 7. The molecule has 0 spiro atoms. The van der Waals surface area contributed by atoms with Crippen molar-refractivity contribution < 1.29 is 14.3 Å². The highest BCUT2D eigenvalue weighted by molar-refractivity contribution is 5.95. The molecule has 0 saturated carbocycles. The molecule has 1 aromatic rings. The number of anilines is 2. The molecule has 0 atom stereocenters. The lowest BCUT2D eigenvalue weighted by Crippen LogP contribution is -2.39. The molecule has 0 unspecified atom stereocenters. The topological polar surface area (TPSA) is 88.6 Å². The molecule has 0 aliphatic carbocycles. The van der Waals surface area contributed by atoms with E-state index in [1.54, 1.807) is 6.92 Å². The van der Waals surface area contributed by atoms with E-state index in [2.05, 4.69) is 25.5 Å². The molecule has 2 N–H and O–H groups in total. The first-order valence-electron chi connectivity index (χ1n) is 7.07. The predicted molar refractivity (Wildman–Crippen MR) is 91.1 cm³/mol. The normalized spacial score (nSPS) is 17.0. The summed E-state index contributed by atoms with van der Waals surface area (Å²) >= 11 is 0. The van der Waals surface area contributed by atoms with E-state index in [1.807, 2.05) is 0 Å². The maximum atomic E-state index is 11.3. The van der Waals surface area contributed by atoms with Crippen LogP contribution in [0.3, 0.4) is 0 Å². The number of aromatic nitrogens is 2. The number of morpholine rings is 1. The highest BCUT2D eigenvalue weighted by Crippen LogP contribution is 2.32. The van der Waals surface area contributed by atoms with Gasteiger partial charge in [-0.2, -0.15) is 0 Å². The van der Waals surface area contributed by atoms with Crippen molar-refractivity contribution in [1.82, 2.24) is 14.9 Å². The molecular formula is C13H21Cl2N5O3. The Bertz CT molecular complexity index is 541. The zero-order valence-electron chi connectivity index (χ0n) is 12.8. The zero-order chi connectivity index (χ0) is 14.7. The average Bonchev–Trinajstić information content (AvgIpc) is 2.47. The third kappa shape index (κ3) is 5.07. The smallest absolute Gasteiger partial charge is 0.263 e. The van der Waals surface area contributed by atoms with E-state index in [9.17, 15) is 4.79 Å². The fraction of sp³-hybridized carbons (Fsp3) is 0.615. The number of nitrogens with zero attached hydrogens (tertiary/aromatic N) is 3. The first kappa shape index (κ1) is 19.7. The Labute approximate surface area is 147 Å². The summed E-state index contributed by atoms with van der Waals surface area (Å²) in [7, 11) is 0. The van der Waals surface area contributed by atoms with Crippen molar-refractivity contribution in [3.63, 3.8) is 0 Å². The van der Waals surface area contributed by atoms with Crippen LogP contribution in [0.15, 0.2) is 0 Å². The van der Waals surface area contributed by atoms with Gasteiger partial charge in [-0.1, -0.05) is 0 Å². The number of amides is 1. The first-order valence-corrected chi connectivity index (χ1v) is 7.07. The third-order valence-electron chi connectivity index (χ3n) is 3.41. The Morgan fingerprint density at radius 1 is 1.26 bits per heavy atom. The monoisotopic (exact) mass is 365 g/mol. The summed E-state index contributed by atoms with van der Waals surface area (Å²) in [5.41, 5.74) is 0. The molecule has 130 valence electrons. The van der Waals surface area contributed by atoms with Crippen molar-refractivity contribution in [2.45, 2.75) is 6.92 Å². The summed E-state index contributed by atoms with van der Waals surface area (Å²) in [6, 6.07) is 0. The molecule has 1 aromatic heterocycles. The summed E-state index contributed by atoms with van der Waals surface area (Å²) < 4.78 is 10.8. The van der Waals surface area contributed by atoms with Crippen molar-refractivity contribution in [3.8, 4) is 5.75 Å². The molecule has 23 heavy (non-hydrogen) atoms. The van der Waals surface area contributed by atoms with Crippen LogP contribution in [0.4, 0.5) is 11.6 Å². The van der Waals surface area contributed by atoms with Gasteiger partial charge >= 0.3 is 0 Å². The molecule has 0 radical (unpaired) electrons. The fourth-order valence-electron chi connectivity index (χ4n) is 2.37. The highest BCUT2D eigenvalue weighted by Gasteiger charge is 2.22. The molecule has 1 fully saturated rings. The standard InChI is InChI=1S/C13H19N5O3.2ClH/c1-9-15-12(11-13(16-9)17-10(19)8-21-11)14-2-3-18-4-6-20-7-5-18;;/h2-8H2,1H3,(H2,14,15,16,17,19);2*1H. The maximum absolute atomic E-state index is 11.3. The van der Waals surface area contributed by atoms with Gasteiger partial charge in [-0.15, -0.1) is 24.8 Å². The Kier molecular flexibility index (Phi) is 7.77. The number of carbonyl (C=O) groups is 1. The molecule has 1 amide bonds. The Morgan fingerprint density at radius 3 is 2.74 bits per heavy atom. The number of carbonyl (C=O) groups excluding carboxylic acids is 1. The van der Waals surface area contributed by atoms with Crippen LogP contribution in [0.1, 0.15) is 5.82 Å². The highest BCUT2D eigenvalue weighted by atomic mass is 35.5. The van der Waals surface area contributed by atoms with Crippen molar-refractivity contribution in [2.24, 2.45) is 0 Å². The van der Waals surface area contributed by atoms with Crippen LogP contribution in [0.5, 0.6) is 5.75 Å². The predicted octanol–water partition coefficient (Wildman–Crippen LogP) is 0.704. The minimum absolute atomic E-state index is 0. The van der Waals surface area contributed by atoms with Gasteiger partial charge in [0.15, 0.2) is 18.2 Å². The second-order valence-corrected chi connectivity index (χ2v) is 5.01. The summed E-state index contributed by atoms with van der Waals surface area (Å²) in [5.74, 6) is 1.98. The van der Waals surface area contributed by atoms with E-state index in [0.29, 0.717) is 23.2 Å². The van der Waals surface area contributed by atoms with Crippen LogP contribution in [0.25, 0.3) is 0 Å². The van der Waals surface area contributed by atoms with Crippen molar-refractivity contribution in [1.29, 1.82) is 0 Å². The minimum Gasteiger partial charge on any atom is -0.476 e. The van der Waals surface area contributed by atoms with Crippen LogP contribution in [-0.4, -0.2) is 66.8 Å². The average molecular weight is 366 g/mol. The number of hydrogen-bond donors (Lipinski definition) is 2. The lowest BCUT2D eigenvalue weighted by molar-refractivity contribution is -0.118. The van der Waals surface area contributed by atoms with Crippen LogP contribution in [-0.2, 0) is 9.53 Å². The van der Waals surface area contributed by atoms with E-state index in [-0.39, 0.29) is 37.3 Å². The molecular weight excluding hydrogens is 345 g/mol. The van der Waals surface area contributed by atoms with Gasteiger partial charge in [-0.3, -0.25) is 9.69 Å². The lowest BCUT2D eigenvalue weighted by Gasteiger charge is -2.27. The molecule has 2 aliphatic rings. The molecule has 0 bridgehead atoms. The van der Waals surface area contributed by atoms with Crippen molar-refractivity contribution >= 4 is 42.4 Å². The van der Waals surface area contributed by atoms with Gasteiger partial charge in [-0.25, -0.2) is 9.97 Å². The molecule has 3 heterocycles. The number of nitrogens with one attached hydrogen (secondary N) is 2. The lowest BCUT2D eigenvalue weighted by atomic mass is 10.3. The van der Waals surface area contributed by atoms with Gasteiger partial charge in [0.2, 0.25) is 5.75 Å². The van der Waals surface area contributed by atoms with Gasteiger partial charge in [0, 0.05) is 26.2 Å². The van der Waals surface area contributed by atoms with Gasteiger partial charge in [0.05, 0.1) is 13.2 Å². The van der Waals surface area contributed by atoms with E-state index in [1.165, 1.54) is 0 Å². The second kappa shape index (κ2) is 9.07. The number of rotatable bonds is 4. The number of fused-ring (bicyclic) bond motifs is 1. The zero-order valence-corrected chi connectivity index (χ0v) is 14.5. The minimum atomic E-state index is -0.195. The quantitative estimate of drug-likeness (QED) is 0.811. The summed E-state index contributed by atoms with van der Waals surface area (Å²) in [6.07, 6.45) is 0.